The average Bonchev–Trinajstić information content (AvgIpc) is 3.15. The van der Waals surface area contributed by atoms with E-state index in [1.54, 1.807) is 13.8 Å². The van der Waals surface area contributed by atoms with Crippen LogP contribution in [0.1, 0.15) is 23.1 Å². The van der Waals surface area contributed by atoms with Crippen molar-refractivity contribution >= 4 is 22.5 Å². The molecule has 4 aromatic rings. The Hall–Kier alpha value is -4.15. The fourth-order valence-electron chi connectivity index (χ4n) is 3.09. The molecule has 2 aromatic heterocycles. The Labute approximate surface area is 168 Å². The number of nitrogens with zero attached hydrogens (tertiary/aromatic N) is 5. The smallest absolute Gasteiger partial charge is 0.322 e. The lowest BCUT2D eigenvalue weighted by atomic mass is 10.1. The predicted molar refractivity (Wildman–Crippen MR) is 106 cm³/mol. The van der Waals surface area contributed by atoms with E-state index in [0.29, 0.717) is 16.9 Å². The highest BCUT2D eigenvalue weighted by Crippen LogP contribution is 2.20. The lowest BCUT2D eigenvalue weighted by Crippen LogP contribution is -2.34. The van der Waals surface area contributed by atoms with Gasteiger partial charge in [-0.25, -0.2) is 9.18 Å². The number of anilines is 1. The zero-order chi connectivity index (χ0) is 21.4. The highest BCUT2D eigenvalue weighted by atomic mass is 19.1. The third-order valence-corrected chi connectivity index (χ3v) is 4.62. The van der Waals surface area contributed by atoms with E-state index in [1.807, 2.05) is 0 Å². The maximum absolute atomic E-state index is 14.2. The monoisotopic (exact) mass is 409 g/mol. The zero-order valence-electron chi connectivity index (χ0n) is 16.0. The molecule has 0 unspecified atom stereocenters. The maximum atomic E-state index is 14.2. The topological polar surface area (TPSA) is 128 Å². The first-order chi connectivity index (χ1) is 14.4. The Morgan fingerprint density at radius 2 is 2.00 bits per heavy atom. The summed E-state index contributed by atoms with van der Waals surface area (Å²) in [5.74, 6) is -0.670. The molecule has 0 saturated heterocycles. The van der Waals surface area contributed by atoms with Crippen LogP contribution in [0, 0.1) is 12.7 Å². The fourth-order valence-corrected chi connectivity index (χ4v) is 3.09. The Balaban J connectivity index is 1.68. The molecule has 2 aromatic carbocycles. The Kier molecular flexibility index (Phi) is 4.70. The summed E-state index contributed by atoms with van der Waals surface area (Å²) in [5.41, 5.74) is -0.0990. The first-order valence-electron chi connectivity index (χ1n) is 9.02. The summed E-state index contributed by atoms with van der Waals surface area (Å²) >= 11 is 0. The van der Waals surface area contributed by atoms with Gasteiger partial charge in [-0.2, -0.15) is 4.68 Å². The minimum atomic E-state index is -0.557. The molecule has 0 saturated carbocycles. The molecule has 2 N–H and O–H groups in total. The van der Waals surface area contributed by atoms with Crippen molar-refractivity contribution in [1.29, 1.82) is 0 Å². The minimum Gasteiger partial charge on any atom is -0.322 e. The number of carbonyl (C=O) groups excluding carboxylic acids is 1. The van der Waals surface area contributed by atoms with Crippen LogP contribution < -0.4 is 16.6 Å². The number of benzene rings is 2. The molecular formula is C19H16FN7O3. The fraction of sp³-hybridized carbons (Fsp3) is 0.158. The summed E-state index contributed by atoms with van der Waals surface area (Å²) in [4.78, 5) is 39.6. The SMILES string of the molecule is CCn1c(=O)[nH]c2cc(C(=O)Nc3ccc(F)c(-n4nnnc4C)c3)ccc2c1=O. The number of hydrogen-bond donors (Lipinski definition) is 2. The van der Waals surface area contributed by atoms with E-state index in [9.17, 15) is 18.8 Å². The molecule has 30 heavy (non-hydrogen) atoms. The van der Waals surface area contributed by atoms with E-state index >= 15 is 0 Å². The van der Waals surface area contributed by atoms with Crippen molar-refractivity contribution in [3.8, 4) is 5.69 Å². The van der Waals surface area contributed by atoms with Crippen LogP contribution in [-0.4, -0.2) is 35.7 Å². The van der Waals surface area contributed by atoms with Crippen molar-refractivity contribution in [2.45, 2.75) is 20.4 Å². The van der Waals surface area contributed by atoms with Crippen molar-refractivity contribution < 1.29 is 9.18 Å². The van der Waals surface area contributed by atoms with Gasteiger partial charge in [-0.3, -0.25) is 14.2 Å². The van der Waals surface area contributed by atoms with E-state index in [-0.39, 0.29) is 23.3 Å². The first kappa shape index (κ1) is 19.2. The van der Waals surface area contributed by atoms with Crippen LogP contribution in [0.2, 0.25) is 0 Å². The molecule has 0 aliphatic heterocycles. The molecule has 2 heterocycles. The maximum Gasteiger partial charge on any atom is 0.328 e. The Morgan fingerprint density at radius 3 is 2.70 bits per heavy atom. The van der Waals surface area contributed by atoms with Gasteiger partial charge in [-0.05, 0) is 60.7 Å². The molecule has 0 radical (unpaired) electrons. The summed E-state index contributed by atoms with van der Waals surface area (Å²) in [7, 11) is 0. The van der Waals surface area contributed by atoms with Crippen molar-refractivity contribution in [2.24, 2.45) is 0 Å². The molecule has 0 spiro atoms. The normalized spacial score (nSPS) is 11.0. The second-order valence-electron chi connectivity index (χ2n) is 6.50. The number of H-pyrrole nitrogens is 1. The van der Waals surface area contributed by atoms with Gasteiger partial charge in [-0.15, -0.1) is 5.10 Å². The number of amides is 1. The molecular weight excluding hydrogens is 393 g/mol. The van der Waals surface area contributed by atoms with E-state index in [0.717, 1.165) is 4.57 Å². The van der Waals surface area contributed by atoms with Crippen molar-refractivity contribution in [3.05, 3.63) is 74.4 Å². The van der Waals surface area contributed by atoms with Gasteiger partial charge in [0.25, 0.3) is 11.5 Å². The number of hydrogen-bond acceptors (Lipinski definition) is 6. The van der Waals surface area contributed by atoms with E-state index in [1.165, 1.54) is 41.1 Å². The predicted octanol–water partition coefficient (Wildman–Crippen LogP) is 1.39. The molecule has 10 nitrogen and oxygen atoms in total. The number of carbonyl (C=O) groups is 1. The summed E-state index contributed by atoms with van der Waals surface area (Å²) in [6.45, 7) is 3.55. The molecule has 0 atom stereocenters. The van der Waals surface area contributed by atoms with Gasteiger partial charge in [0.05, 0.1) is 10.9 Å². The number of fused-ring (bicyclic) bond motifs is 1. The van der Waals surface area contributed by atoms with Gasteiger partial charge < -0.3 is 10.3 Å². The first-order valence-corrected chi connectivity index (χ1v) is 9.02. The van der Waals surface area contributed by atoms with Gasteiger partial charge >= 0.3 is 5.69 Å². The highest BCUT2D eigenvalue weighted by Gasteiger charge is 2.14. The Morgan fingerprint density at radius 1 is 1.20 bits per heavy atom. The van der Waals surface area contributed by atoms with Gasteiger partial charge in [0, 0.05) is 17.8 Å². The van der Waals surface area contributed by atoms with Crippen LogP contribution in [0.5, 0.6) is 0 Å². The number of aryl methyl sites for hydroxylation is 1. The minimum absolute atomic E-state index is 0.0817. The van der Waals surface area contributed by atoms with Crippen LogP contribution in [0.4, 0.5) is 10.1 Å². The van der Waals surface area contributed by atoms with Gasteiger partial charge in [0.1, 0.15) is 11.5 Å². The summed E-state index contributed by atoms with van der Waals surface area (Å²) in [5, 5.41) is 13.9. The number of aromatic nitrogens is 6. The summed E-state index contributed by atoms with van der Waals surface area (Å²) < 4.78 is 16.5. The third-order valence-electron chi connectivity index (χ3n) is 4.62. The largest absolute Gasteiger partial charge is 0.328 e. The van der Waals surface area contributed by atoms with Crippen molar-refractivity contribution in [1.82, 2.24) is 29.8 Å². The quantitative estimate of drug-likeness (QED) is 0.524. The molecule has 0 aliphatic rings. The van der Waals surface area contributed by atoms with Crippen molar-refractivity contribution in [3.63, 3.8) is 0 Å². The standard InChI is InChI=1S/C19H16FN7O3/c1-3-26-18(29)13-6-4-11(8-15(13)22-19(26)30)17(28)21-12-5-7-14(20)16(9-12)27-10(2)23-24-25-27/h4-9H,3H2,1-2H3,(H,21,28)(H,22,30). The highest BCUT2D eigenvalue weighted by molar-refractivity contribution is 6.06. The number of rotatable bonds is 4. The van der Waals surface area contributed by atoms with Crippen LogP contribution in [0.15, 0.2) is 46.0 Å². The van der Waals surface area contributed by atoms with Gasteiger partial charge in [0.2, 0.25) is 0 Å². The number of aromatic amines is 1. The Bertz CT molecular complexity index is 1400. The summed E-state index contributed by atoms with van der Waals surface area (Å²) in [6.07, 6.45) is 0. The van der Waals surface area contributed by atoms with Crippen molar-refractivity contribution in [2.75, 3.05) is 5.32 Å². The molecule has 152 valence electrons. The molecule has 0 fully saturated rings. The summed E-state index contributed by atoms with van der Waals surface area (Å²) in [6, 6.07) is 8.38. The number of halogens is 1. The lowest BCUT2D eigenvalue weighted by molar-refractivity contribution is 0.102. The molecule has 11 heteroatoms. The number of tetrazole rings is 1. The average molecular weight is 409 g/mol. The van der Waals surface area contributed by atoms with E-state index < -0.39 is 23.0 Å². The second-order valence-corrected chi connectivity index (χ2v) is 6.50. The molecule has 0 aliphatic carbocycles. The zero-order valence-corrected chi connectivity index (χ0v) is 16.0. The van der Waals surface area contributed by atoms with E-state index in [2.05, 4.69) is 25.8 Å². The second kappa shape index (κ2) is 7.35. The third kappa shape index (κ3) is 3.26. The van der Waals surface area contributed by atoms with Crippen LogP contribution in [0.3, 0.4) is 0 Å². The molecule has 1 amide bonds. The van der Waals surface area contributed by atoms with Gasteiger partial charge in [-0.1, -0.05) is 0 Å². The molecule has 4 rings (SSSR count). The number of nitrogens with one attached hydrogen (secondary N) is 2. The van der Waals surface area contributed by atoms with Crippen LogP contribution in [0.25, 0.3) is 16.6 Å². The van der Waals surface area contributed by atoms with Crippen LogP contribution >= 0.6 is 0 Å². The van der Waals surface area contributed by atoms with Crippen LogP contribution in [-0.2, 0) is 6.54 Å². The lowest BCUT2D eigenvalue weighted by Gasteiger charge is -2.10. The molecule has 0 bridgehead atoms. The van der Waals surface area contributed by atoms with Gasteiger partial charge in [0.15, 0.2) is 5.82 Å². The van der Waals surface area contributed by atoms with E-state index in [4.69, 9.17) is 0 Å².